The van der Waals surface area contributed by atoms with Crippen molar-refractivity contribution in [3.8, 4) is 0 Å². The molecule has 3 saturated heterocycles. The van der Waals surface area contributed by atoms with Crippen LogP contribution in [0.15, 0.2) is 23.8 Å². The lowest BCUT2D eigenvalue weighted by atomic mass is 10.1. The zero-order valence-corrected chi connectivity index (χ0v) is 24.7. The molecule has 45 heavy (non-hydrogen) atoms. The fraction of sp³-hybridized carbons (Fsp3) is 0.524. The van der Waals surface area contributed by atoms with Crippen LogP contribution in [-0.4, -0.2) is 111 Å². The van der Waals surface area contributed by atoms with E-state index in [0.29, 0.717) is 0 Å². The van der Waals surface area contributed by atoms with Crippen LogP contribution >= 0.6 is 15.4 Å². The molecule has 0 aliphatic carbocycles. The molecule has 4 aromatic rings. The molecule has 0 aromatic carbocycles. The number of anilines is 2. The fourth-order valence-corrected chi connectivity index (χ4v) is 7.52. The van der Waals surface area contributed by atoms with Crippen LogP contribution in [0.3, 0.4) is 0 Å². The lowest BCUT2D eigenvalue weighted by Crippen LogP contribution is -2.36. The maximum absolute atomic E-state index is 13.6. The molecule has 5 unspecified atom stereocenters. The van der Waals surface area contributed by atoms with Crippen molar-refractivity contribution in [2.24, 2.45) is 0 Å². The minimum Gasteiger partial charge on any atom is -0.387 e. The number of imidazole rings is 2. The van der Waals surface area contributed by atoms with E-state index in [1.54, 1.807) is 0 Å². The molecule has 24 heteroatoms. The van der Waals surface area contributed by atoms with E-state index in [2.05, 4.69) is 29.9 Å². The molecule has 0 saturated carbocycles. The van der Waals surface area contributed by atoms with Gasteiger partial charge in [-0.25, -0.2) is 24.5 Å². The molecule has 242 valence electrons. The summed E-state index contributed by atoms with van der Waals surface area (Å²) in [7, 11) is -9.12. The number of nitrogens with one attached hydrogen (secondary N) is 1. The average molecular weight is 672 g/mol. The Hall–Kier alpha value is -3.40. The van der Waals surface area contributed by atoms with Crippen molar-refractivity contribution in [1.29, 1.82) is 0 Å². The van der Waals surface area contributed by atoms with Crippen molar-refractivity contribution in [1.82, 2.24) is 39.0 Å². The zero-order chi connectivity index (χ0) is 31.8. The summed E-state index contributed by atoms with van der Waals surface area (Å²) in [6, 6.07) is 0. The third kappa shape index (κ3) is 5.32. The van der Waals surface area contributed by atoms with E-state index in [1.165, 1.54) is 28.1 Å². The number of aromatic amines is 1. The van der Waals surface area contributed by atoms with Gasteiger partial charge in [-0.05, 0) is 0 Å². The van der Waals surface area contributed by atoms with Gasteiger partial charge in [0.15, 0.2) is 35.1 Å². The Bertz CT molecular complexity index is 1940. The fourth-order valence-electron chi connectivity index (χ4n) is 5.40. The third-order valence-corrected chi connectivity index (χ3v) is 9.68. The van der Waals surface area contributed by atoms with Gasteiger partial charge in [0.05, 0.1) is 25.9 Å². The van der Waals surface area contributed by atoms with Crippen LogP contribution in [0.4, 0.5) is 11.8 Å². The number of fused-ring (bicyclic) bond motifs is 5. The number of rotatable bonds is 2. The minimum atomic E-state index is -5.00. The minimum absolute atomic E-state index is 0.0472. The summed E-state index contributed by atoms with van der Waals surface area (Å²) in [5.74, 6) is -0.167. The predicted molar refractivity (Wildman–Crippen MR) is 147 cm³/mol. The molecule has 3 fully saturated rings. The predicted octanol–water partition coefficient (Wildman–Crippen LogP) is -1.62. The number of aliphatic hydroxyl groups is 2. The third-order valence-electron chi connectivity index (χ3n) is 7.45. The molecule has 0 spiro atoms. The molecule has 3 aliphatic heterocycles. The number of aliphatic hydroxyl groups excluding tert-OH is 2. The largest absolute Gasteiger partial charge is 0.472 e. The van der Waals surface area contributed by atoms with Gasteiger partial charge in [-0.2, -0.15) is 4.98 Å². The second kappa shape index (κ2) is 10.9. The number of hydrogen-bond donors (Lipinski definition) is 6. The van der Waals surface area contributed by atoms with Gasteiger partial charge < -0.3 is 40.6 Å². The van der Waals surface area contributed by atoms with Crippen LogP contribution in [0, 0.1) is 0 Å². The Morgan fingerprint density at radius 2 is 1.58 bits per heavy atom. The first-order valence-corrected chi connectivity index (χ1v) is 16.7. The number of ether oxygens (including phenoxy) is 2. The Morgan fingerprint density at radius 3 is 2.36 bits per heavy atom. The molecule has 8 N–H and O–H groups in total. The van der Waals surface area contributed by atoms with Crippen LogP contribution in [-0.2, 0) is 36.7 Å². The topological polar surface area (TPSA) is 309 Å². The quantitative estimate of drug-likeness (QED) is 0.130. The van der Waals surface area contributed by atoms with E-state index in [1.807, 2.05) is 0 Å². The number of aromatic nitrogens is 8. The first-order valence-electron chi connectivity index (χ1n) is 13.2. The molecule has 0 radical (unpaired) electrons. The van der Waals surface area contributed by atoms with Crippen molar-refractivity contribution in [3.05, 3.63) is 29.3 Å². The molecule has 3 aliphatic rings. The van der Waals surface area contributed by atoms with Crippen LogP contribution in [0.1, 0.15) is 12.5 Å². The number of H-pyrrole nitrogens is 1. The maximum Gasteiger partial charge on any atom is 0.472 e. The summed E-state index contributed by atoms with van der Waals surface area (Å²) in [6.07, 6.45) is -7.93. The molecule has 2 bridgehead atoms. The van der Waals surface area contributed by atoms with Crippen LogP contribution in [0.5, 0.6) is 0 Å². The number of nitrogen functional groups attached to an aromatic ring is 2. The second-order valence-electron chi connectivity index (χ2n) is 10.4. The van der Waals surface area contributed by atoms with E-state index in [9.17, 15) is 29.0 Å². The number of phosphoric ester groups is 1. The van der Waals surface area contributed by atoms with Crippen LogP contribution in [0.25, 0.3) is 22.3 Å². The van der Waals surface area contributed by atoms with Gasteiger partial charge in [0.2, 0.25) is 5.95 Å². The first kappa shape index (κ1) is 30.3. The van der Waals surface area contributed by atoms with Crippen LogP contribution in [0.2, 0.25) is 0 Å². The normalized spacial score (nSPS) is 37.7. The monoisotopic (exact) mass is 672 g/mol. The van der Waals surface area contributed by atoms with E-state index < -0.39 is 83.3 Å². The highest BCUT2D eigenvalue weighted by molar-refractivity contribution is 7.53. The molecular weight excluding hydrogens is 646 g/mol. The second-order valence-corrected chi connectivity index (χ2v) is 13.9. The van der Waals surface area contributed by atoms with Gasteiger partial charge in [0, 0.05) is 6.66 Å². The number of nitrogens with zero attached hydrogens (tertiary/aromatic N) is 7. The summed E-state index contributed by atoms with van der Waals surface area (Å²) in [6.45, 7) is -0.204. The molecule has 22 nitrogen and oxygen atoms in total. The first-order chi connectivity index (χ1) is 21.3. The van der Waals surface area contributed by atoms with Crippen molar-refractivity contribution in [2.45, 2.75) is 49.1 Å². The van der Waals surface area contributed by atoms with Gasteiger partial charge in [-0.1, -0.05) is 0 Å². The van der Waals surface area contributed by atoms with Crippen LogP contribution < -0.4 is 17.0 Å². The summed E-state index contributed by atoms with van der Waals surface area (Å²) < 4.78 is 63.0. The van der Waals surface area contributed by atoms with Gasteiger partial charge >= 0.3 is 15.4 Å². The number of hydrogen-bond acceptors (Lipinski definition) is 18. The van der Waals surface area contributed by atoms with Gasteiger partial charge in [-0.3, -0.25) is 37.0 Å². The highest BCUT2D eigenvalue weighted by Gasteiger charge is 2.53. The Balaban J connectivity index is 1.21. The number of phosphoric acid groups is 1. The molecule has 10 atom stereocenters. The van der Waals surface area contributed by atoms with E-state index in [0.717, 1.165) is 6.66 Å². The lowest BCUT2D eigenvalue weighted by molar-refractivity contribution is -0.0628. The molecule has 4 aromatic heterocycles. The standard InChI is InChI=1S/C21H26N10O12P2/c1-44(35)38-3-8-13(12(33)19(41-8)30-5-26-9-15(22)24-4-25-16(9)30)43-45(36,37)39-2-7-11(32)14(42-44)20(40-7)31-6-27-10-17(31)28-21(23)29-18(10)34/h4-8,11-14,19-20,32-33H,2-3H2,1H3,(H,36,37)(H2,22,24,25)(H3,23,28,29,34)/t7-,8-,11?,12+,13?,14?,19-,20-,44?/m1/s1. The lowest BCUT2D eigenvalue weighted by Gasteiger charge is -2.26. The van der Waals surface area contributed by atoms with Crippen molar-refractivity contribution < 1.29 is 51.8 Å². The zero-order valence-electron chi connectivity index (χ0n) is 23.0. The maximum atomic E-state index is 13.6. The highest BCUT2D eigenvalue weighted by atomic mass is 31.2. The van der Waals surface area contributed by atoms with Crippen molar-refractivity contribution in [2.75, 3.05) is 31.3 Å². The summed E-state index contributed by atoms with van der Waals surface area (Å²) in [5.41, 5.74) is 11.1. The van der Waals surface area contributed by atoms with E-state index >= 15 is 0 Å². The van der Waals surface area contributed by atoms with Gasteiger partial charge in [-0.15, -0.1) is 0 Å². The Labute approximate surface area is 250 Å². The van der Waals surface area contributed by atoms with E-state index in [-0.39, 0.29) is 34.1 Å². The molecule has 7 rings (SSSR count). The van der Waals surface area contributed by atoms with Crippen molar-refractivity contribution >= 4 is 49.5 Å². The summed E-state index contributed by atoms with van der Waals surface area (Å²) >= 11 is 0. The van der Waals surface area contributed by atoms with Gasteiger partial charge in [0.25, 0.3) is 5.56 Å². The molecular formula is C21H26N10O12P2. The van der Waals surface area contributed by atoms with E-state index in [4.69, 9.17) is 39.0 Å². The van der Waals surface area contributed by atoms with Crippen molar-refractivity contribution in [3.63, 3.8) is 0 Å². The SMILES string of the molecule is CP1(=O)OC[C@H]2O[C@@H](n3cnc4c(N)ncnc43)[C@@H](O)C2OP(=O)(O)OC[C@H]2O[C@@H](n3cnc4c(=O)[nH]c(N)nc43)C(O1)C2O. The Kier molecular flexibility index (Phi) is 7.30. The van der Waals surface area contributed by atoms with Gasteiger partial charge in [0.1, 0.15) is 48.5 Å². The summed E-state index contributed by atoms with van der Waals surface area (Å²) in [5, 5.41) is 22.3. The smallest absolute Gasteiger partial charge is 0.387 e. The highest BCUT2D eigenvalue weighted by Crippen LogP contribution is 2.54. The average Bonchev–Trinajstić information content (AvgIpc) is 3.72. The molecule has 7 heterocycles. The summed E-state index contributed by atoms with van der Waals surface area (Å²) in [4.78, 5) is 45.5. The molecule has 0 amide bonds. The number of nitrogens with two attached hydrogens (primary N) is 2. The Morgan fingerprint density at radius 1 is 0.889 bits per heavy atom.